The highest BCUT2D eigenvalue weighted by Gasteiger charge is 2.24. The molecule has 84 valence electrons. The van der Waals surface area contributed by atoms with Gasteiger partial charge in [0.25, 0.3) is 0 Å². The number of esters is 1. The number of ether oxygens (including phenoxy) is 1. The van der Waals surface area contributed by atoms with Crippen molar-refractivity contribution in [3.63, 3.8) is 0 Å². The summed E-state index contributed by atoms with van der Waals surface area (Å²) in [7, 11) is 0. The Morgan fingerprint density at radius 3 is 2.07 bits per heavy atom. The Morgan fingerprint density at radius 2 is 1.71 bits per heavy atom. The Bertz CT molecular complexity index is 160. The van der Waals surface area contributed by atoms with Gasteiger partial charge in [0.05, 0.1) is 6.61 Å². The molecule has 0 aliphatic rings. The maximum atomic E-state index is 10.6. The summed E-state index contributed by atoms with van der Waals surface area (Å²) >= 11 is 0. The maximum absolute atomic E-state index is 10.6. The molecule has 14 heavy (non-hydrogen) atoms. The molecule has 0 aromatic rings. The predicted molar refractivity (Wildman–Crippen MR) is 59.2 cm³/mol. The van der Waals surface area contributed by atoms with Gasteiger partial charge in [-0.25, -0.2) is 0 Å². The van der Waals surface area contributed by atoms with E-state index in [4.69, 9.17) is 4.74 Å². The van der Waals surface area contributed by atoms with Crippen LogP contribution in [0.25, 0.3) is 0 Å². The van der Waals surface area contributed by atoms with Gasteiger partial charge in [-0.05, 0) is 18.3 Å². The SMILES string of the molecule is CCCC(CC)(CC)CCOC(C)=O. The van der Waals surface area contributed by atoms with E-state index in [1.165, 1.54) is 32.6 Å². The normalized spacial score (nSPS) is 11.4. The molecule has 0 spiro atoms. The second-order valence-corrected chi connectivity index (χ2v) is 4.05. The molecule has 0 fully saturated rings. The van der Waals surface area contributed by atoms with E-state index in [0.717, 1.165) is 6.42 Å². The second-order valence-electron chi connectivity index (χ2n) is 4.05. The van der Waals surface area contributed by atoms with E-state index >= 15 is 0 Å². The molecule has 0 heterocycles. The van der Waals surface area contributed by atoms with Gasteiger partial charge in [-0.3, -0.25) is 4.79 Å². The third-order valence-electron chi connectivity index (χ3n) is 3.22. The van der Waals surface area contributed by atoms with Gasteiger partial charge in [-0.2, -0.15) is 0 Å². The van der Waals surface area contributed by atoms with Crippen molar-refractivity contribution in [3.8, 4) is 0 Å². The molecule has 2 nitrogen and oxygen atoms in total. The number of rotatable bonds is 7. The number of hydrogen-bond donors (Lipinski definition) is 0. The van der Waals surface area contributed by atoms with Crippen molar-refractivity contribution < 1.29 is 9.53 Å². The topological polar surface area (TPSA) is 26.3 Å². The van der Waals surface area contributed by atoms with Crippen LogP contribution < -0.4 is 0 Å². The Hall–Kier alpha value is -0.530. The average Bonchev–Trinajstić information content (AvgIpc) is 2.16. The van der Waals surface area contributed by atoms with Crippen LogP contribution in [-0.4, -0.2) is 12.6 Å². The van der Waals surface area contributed by atoms with E-state index < -0.39 is 0 Å². The fourth-order valence-corrected chi connectivity index (χ4v) is 2.02. The summed E-state index contributed by atoms with van der Waals surface area (Å²) in [6, 6.07) is 0. The van der Waals surface area contributed by atoms with Crippen molar-refractivity contribution in [2.45, 2.75) is 59.8 Å². The van der Waals surface area contributed by atoms with E-state index in [2.05, 4.69) is 20.8 Å². The highest BCUT2D eigenvalue weighted by molar-refractivity contribution is 5.65. The van der Waals surface area contributed by atoms with E-state index in [1.54, 1.807) is 0 Å². The molecule has 0 N–H and O–H groups in total. The lowest BCUT2D eigenvalue weighted by molar-refractivity contribution is -0.141. The van der Waals surface area contributed by atoms with Crippen LogP contribution in [0.2, 0.25) is 0 Å². The zero-order valence-electron chi connectivity index (χ0n) is 10.1. The highest BCUT2D eigenvalue weighted by Crippen LogP contribution is 2.35. The van der Waals surface area contributed by atoms with Gasteiger partial charge in [-0.15, -0.1) is 0 Å². The van der Waals surface area contributed by atoms with E-state index in [-0.39, 0.29) is 5.97 Å². The van der Waals surface area contributed by atoms with Crippen LogP contribution in [0.3, 0.4) is 0 Å². The summed E-state index contributed by atoms with van der Waals surface area (Å²) in [5.74, 6) is -0.164. The summed E-state index contributed by atoms with van der Waals surface area (Å²) in [5.41, 5.74) is 0.393. The molecule has 0 atom stereocenters. The van der Waals surface area contributed by atoms with Crippen molar-refractivity contribution in [1.29, 1.82) is 0 Å². The lowest BCUT2D eigenvalue weighted by atomic mass is 9.76. The number of hydrogen-bond acceptors (Lipinski definition) is 2. The monoisotopic (exact) mass is 200 g/mol. The van der Waals surface area contributed by atoms with Crippen molar-refractivity contribution in [2.75, 3.05) is 6.61 Å². The summed E-state index contributed by atoms with van der Waals surface area (Å²) in [6.45, 7) is 8.72. The predicted octanol–water partition coefficient (Wildman–Crippen LogP) is 3.55. The van der Waals surface area contributed by atoms with Gasteiger partial charge < -0.3 is 4.74 Å². The summed E-state index contributed by atoms with van der Waals surface area (Å²) in [4.78, 5) is 10.6. The lowest BCUT2D eigenvalue weighted by Gasteiger charge is -2.31. The molecular formula is C12H24O2. The van der Waals surface area contributed by atoms with Gasteiger partial charge in [0.15, 0.2) is 0 Å². The van der Waals surface area contributed by atoms with Crippen LogP contribution in [0, 0.1) is 5.41 Å². The van der Waals surface area contributed by atoms with E-state index in [1.807, 2.05) is 0 Å². The van der Waals surface area contributed by atoms with Crippen molar-refractivity contribution in [2.24, 2.45) is 5.41 Å². The molecule has 0 aromatic heterocycles. The Kier molecular flexibility index (Phi) is 6.60. The summed E-state index contributed by atoms with van der Waals surface area (Å²) in [6.07, 6.45) is 5.81. The average molecular weight is 200 g/mol. The van der Waals surface area contributed by atoms with Crippen LogP contribution in [0.1, 0.15) is 59.8 Å². The Labute approximate surface area is 88.0 Å². The molecule has 0 radical (unpaired) electrons. The zero-order chi connectivity index (χ0) is 11.0. The van der Waals surface area contributed by atoms with Crippen molar-refractivity contribution in [1.82, 2.24) is 0 Å². The van der Waals surface area contributed by atoms with Gasteiger partial charge in [0, 0.05) is 6.92 Å². The minimum Gasteiger partial charge on any atom is -0.466 e. The van der Waals surface area contributed by atoms with Crippen molar-refractivity contribution in [3.05, 3.63) is 0 Å². The molecule has 0 saturated heterocycles. The first-order valence-electron chi connectivity index (χ1n) is 5.73. The fraction of sp³-hybridized carbons (Fsp3) is 0.917. The quantitative estimate of drug-likeness (QED) is 0.587. The first-order valence-corrected chi connectivity index (χ1v) is 5.73. The van der Waals surface area contributed by atoms with Crippen LogP contribution in [0.15, 0.2) is 0 Å². The van der Waals surface area contributed by atoms with Crippen LogP contribution >= 0.6 is 0 Å². The van der Waals surface area contributed by atoms with E-state index in [0.29, 0.717) is 12.0 Å². The first-order chi connectivity index (χ1) is 6.60. The second kappa shape index (κ2) is 6.86. The number of carbonyl (C=O) groups excluding carboxylic acids is 1. The maximum Gasteiger partial charge on any atom is 0.302 e. The van der Waals surface area contributed by atoms with Gasteiger partial charge in [0.1, 0.15) is 0 Å². The first kappa shape index (κ1) is 13.5. The molecule has 0 amide bonds. The standard InChI is InChI=1S/C12H24O2/c1-5-8-12(6-2,7-3)9-10-14-11(4)13/h5-10H2,1-4H3. The van der Waals surface area contributed by atoms with Crippen LogP contribution in [0.4, 0.5) is 0 Å². The third-order valence-corrected chi connectivity index (χ3v) is 3.22. The highest BCUT2D eigenvalue weighted by atomic mass is 16.5. The van der Waals surface area contributed by atoms with Crippen LogP contribution in [-0.2, 0) is 9.53 Å². The summed E-state index contributed by atoms with van der Waals surface area (Å²) in [5, 5.41) is 0. The minimum atomic E-state index is -0.164. The van der Waals surface area contributed by atoms with Gasteiger partial charge >= 0.3 is 5.97 Å². The molecule has 0 aliphatic carbocycles. The smallest absolute Gasteiger partial charge is 0.302 e. The molecule has 2 heteroatoms. The Balaban J connectivity index is 4.00. The Morgan fingerprint density at radius 1 is 1.14 bits per heavy atom. The molecule has 0 bridgehead atoms. The number of carbonyl (C=O) groups is 1. The molecule has 0 rings (SSSR count). The molecule has 0 aliphatic heterocycles. The molecule has 0 saturated carbocycles. The third kappa shape index (κ3) is 4.64. The zero-order valence-corrected chi connectivity index (χ0v) is 10.1. The lowest BCUT2D eigenvalue weighted by Crippen LogP contribution is -2.21. The summed E-state index contributed by atoms with van der Waals surface area (Å²) < 4.78 is 5.01. The van der Waals surface area contributed by atoms with Gasteiger partial charge in [-0.1, -0.05) is 40.0 Å². The van der Waals surface area contributed by atoms with E-state index in [9.17, 15) is 4.79 Å². The van der Waals surface area contributed by atoms with Crippen molar-refractivity contribution >= 4 is 5.97 Å². The molecular weight excluding hydrogens is 176 g/mol. The van der Waals surface area contributed by atoms with Gasteiger partial charge in [0.2, 0.25) is 0 Å². The molecule has 0 unspecified atom stereocenters. The minimum absolute atomic E-state index is 0.164. The largest absolute Gasteiger partial charge is 0.466 e. The molecule has 0 aromatic carbocycles. The van der Waals surface area contributed by atoms with Crippen LogP contribution in [0.5, 0.6) is 0 Å². The fourth-order valence-electron chi connectivity index (χ4n) is 2.02.